The van der Waals surface area contributed by atoms with Crippen molar-refractivity contribution in [1.82, 2.24) is 4.90 Å². The molecule has 0 spiro atoms. The molecule has 4 nitrogen and oxygen atoms in total. The minimum Gasteiger partial charge on any atom is -0.369 e. The van der Waals surface area contributed by atoms with Crippen LogP contribution in [0.4, 0.5) is 0 Å². The molecule has 0 N–H and O–H groups in total. The highest BCUT2D eigenvalue weighted by Crippen LogP contribution is 2.30. The molecule has 5 heteroatoms. The predicted octanol–water partition coefficient (Wildman–Crippen LogP) is 2.77. The molecule has 1 atom stereocenters. The fourth-order valence-electron chi connectivity index (χ4n) is 2.64. The normalized spacial score (nSPS) is 15.6. The van der Waals surface area contributed by atoms with Crippen molar-refractivity contribution in [3.05, 3.63) is 47.5 Å². The average Bonchev–Trinajstić information content (AvgIpc) is 2.52. The summed E-state index contributed by atoms with van der Waals surface area (Å²) in [7, 11) is 1.58. The molecule has 0 saturated heterocycles. The van der Waals surface area contributed by atoms with Gasteiger partial charge in [0.15, 0.2) is 0 Å². The third-order valence-corrected chi connectivity index (χ3v) is 4.58. The van der Waals surface area contributed by atoms with E-state index in [0.717, 1.165) is 10.8 Å². The summed E-state index contributed by atoms with van der Waals surface area (Å²) in [6, 6.07) is 11.1. The molecule has 21 heavy (non-hydrogen) atoms. The number of ether oxygens (including phenoxy) is 1. The SMILES string of the molecule is COC(CN1C(=O)c2cccc3cccc(c23)C1=O)SC. The lowest BCUT2D eigenvalue weighted by atomic mass is 9.94. The van der Waals surface area contributed by atoms with Crippen LogP contribution in [0.5, 0.6) is 0 Å². The molecule has 1 heterocycles. The van der Waals surface area contributed by atoms with Crippen LogP contribution in [-0.2, 0) is 4.74 Å². The van der Waals surface area contributed by atoms with Gasteiger partial charge in [0.05, 0.1) is 6.54 Å². The van der Waals surface area contributed by atoms with E-state index in [0.29, 0.717) is 11.1 Å². The van der Waals surface area contributed by atoms with Crippen molar-refractivity contribution in [3.8, 4) is 0 Å². The fraction of sp³-hybridized carbons (Fsp3) is 0.250. The molecule has 1 aliphatic rings. The highest BCUT2D eigenvalue weighted by molar-refractivity contribution is 7.99. The van der Waals surface area contributed by atoms with Gasteiger partial charge in [0.1, 0.15) is 5.44 Å². The molecule has 1 aliphatic heterocycles. The highest BCUT2D eigenvalue weighted by Gasteiger charge is 2.33. The van der Waals surface area contributed by atoms with E-state index in [-0.39, 0.29) is 23.8 Å². The zero-order chi connectivity index (χ0) is 15.0. The first kappa shape index (κ1) is 14.1. The van der Waals surface area contributed by atoms with Crippen LogP contribution in [0.2, 0.25) is 0 Å². The van der Waals surface area contributed by atoms with E-state index >= 15 is 0 Å². The second-order valence-corrected chi connectivity index (χ2v) is 5.83. The largest absolute Gasteiger partial charge is 0.369 e. The third kappa shape index (κ3) is 2.22. The van der Waals surface area contributed by atoms with E-state index in [2.05, 4.69) is 0 Å². The first-order valence-corrected chi connectivity index (χ1v) is 7.89. The standard InChI is InChI=1S/C16H15NO3S/c1-20-13(21-2)9-17-15(18)11-7-3-5-10-6-4-8-12(14(10)11)16(17)19/h3-8,13H,9H2,1-2H3. The van der Waals surface area contributed by atoms with Crippen molar-refractivity contribution in [2.24, 2.45) is 0 Å². The molecule has 2 amide bonds. The number of amides is 2. The van der Waals surface area contributed by atoms with Crippen LogP contribution in [0.25, 0.3) is 10.8 Å². The first-order chi connectivity index (χ1) is 10.2. The number of methoxy groups -OCH3 is 1. The molecule has 2 aromatic rings. The molecular weight excluding hydrogens is 286 g/mol. The van der Waals surface area contributed by atoms with E-state index in [1.54, 1.807) is 19.2 Å². The topological polar surface area (TPSA) is 46.6 Å². The van der Waals surface area contributed by atoms with Gasteiger partial charge < -0.3 is 4.74 Å². The summed E-state index contributed by atoms with van der Waals surface area (Å²) in [5.41, 5.74) is 0.944. The van der Waals surface area contributed by atoms with Gasteiger partial charge in [-0.2, -0.15) is 0 Å². The summed E-state index contributed by atoms with van der Waals surface area (Å²) >= 11 is 1.47. The Morgan fingerprint density at radius 3 is 2.14 bits per heavy atom. The van der Waals surface area contributed by atoms with E-state index in [4.69, 9.17) is 4.74 Å². The second kappa shape index (κ2) is 5.50. The number of benzene rings is 2. The van der Waals surface area contributed by atoms with Gasteiger partial charge in [-0.3, -0.25) is 14.5 Å². The maximum Gasteiger partial charge on any atom is 0.261 e. The van der Waals surface area contributed by atoms with E-state index < -0.39 is 0 Å². The van der Waals surface area contributed by atoms with Crippen molar-refractivity contribution in [3.63, 3.8) is 0 Å². The Labute approximate surface area is 127 Å². The lowest BCUT2D eigenvalue weighted by Crippen LogP contribution is -2.44. The number of imide groups is 1. The van der Waals surface area contributed by atoms with E-state index in [1.165, 1.54) is 16.7 Å². The molecule has 2 aromatic carbocycles. The van der Waals surface area contributed by atoms with Crippen LogP contribution in [0.1, 0.15) is 20.7 Å². The smallest absolute Gasteiger partial charge is 0.261 e. The zero-order valence-corrected chi connectivity index (χ0v) is 12.6. The molecule has 0 aromatic heterocycles. The number of nitrogens with zero attached hydrogens (tertiary/aromatic N) is 1. The first-order valence-electron chi connectivity index (χ1n) is 6.61. The molecule has 0 radical (unpaired) electrons. The third-order valence-electron chi connectivity index (χ3n) is 3.71. The van der Waals surface area contributed by atoms with Crippen molar-refractivity contribution in [1.29, 1.82) is 0 Å². The lowest BCUT2D eigenvalue weighted by molar-refractivity contribution is 0.0534. The molecule has 0 saturated carbocycles. The van der Waals surface area contributed by atoms with Crippen LogP contribution >= 0.6 is 11.8 Å². The maximum atomic E-state index is 12.6. The van der Waals surface area contributed by atoms with Gasteiger partial charge in [0.2, 0.25) is 0 Å². The minimum absolute atomic E-state index is 0.220. The van der Waals surface area contributed by atoms with E-state index in [9.17, 15) is 9.59 Å². The minimum atomic E-state index is -0.250. The van der Waals surface area contributed by atoms with E-state index in [1.807, 2.05) is 30.5 Å². The Kier molecular flexibility index (Phi) is 3.69. The van der Waals surface area contributed by atoms with Crippen molar-refractivity contribution >= 4 is 34.3 Å². The van der Waals surface area contributed by atoms with Crippen LogP contribution in [0, 0.1) is 0 Å². The molecule has 108 valence electrons. The second-order valence-electron chi connectivity index (χ2n) is 4.83. The molecule has 1 unspecified atom stereocenters. The van der Waals surface area contributed by atoms with Crippen molar-refractivity contribution < 1.29 is 14.3 Å². The van der Waals surface area contributed by atoms with Gasteiger partial charge in [-0.15, -0.1) is 11.8 Å². The summed E-state index contributed by atoms with van der Waals surface area (Å²) in [6.07, 6.45) is 1.89. The van der Waals surface area contributed by atoms with Gasteiger partial charge in [-0.05, 0) is 23.8 Å². The summed E-state index contributed by atoms with van der Waals surface area (Å²) < 4.78 is 5.28. The molecular formula is C16H15NO3S. The molecule has 3 rings (SSSR count). The Balaban J connectivity index is 2.11. The van der Waals surface area contributed by atoms with Crippen LogP contribution in [0.3, 0.4) is 0 Å². The Morgan fingerprint density at radius 2 is 1.67 bits per heavy atom. The van der Waals surface area contributed by atoms with Gasteiger partial charge >= 0.3 is 0 Å². The van der Waals surface area contributed by atoms with Gasteiger partial charge in [0.25, 0.3) is 11.8 Å². The van der Waals surface area contributed by atoms with Gasteiger partial charge in [0, 0.05) is 23.6 Å². The van der Waals surface area contributed by atoms with Gasteiger partial charge in [-0.25, -0.2) is 0 Å². The summed E-state index contributed by atoms with van der Waals surface area (Å²) in [6.45, 7) is 0.250. The highest BCUT2D eigenvalue weighted by atomic mass is 32.2. The Bertz CT molecular complexity index is 674. The predicted molar refractivity (Wildman–Crippen MR) is 83.6 cm³/mol. The lowest BCUT2D eigenvalue weighted by Gasteiger charge is -2.29. The number of carbonyl (C=O) groups is 2. The average molecular weight is 301 g/mol. The molecule has 0 aliphatic carbocycles. The number of hydrogen-bond donors (Lipinski definition) is 0. The van der Waals surface area contributed by atoms with Crippen molar-refractivity contribution in [2.75, 3.05) is 19.9 Å². The monoisotopic (exact) mass is 301 g/mol. The quantitative estimate of drug-likeness (QED) is 0.643. The van der Waals surface area contributed by atoms with Gasteiger partial charge in [-0.1, -0.05) is 24.3 Å². The zero-order valence-electron chi connectivity index (χ0n) is 11.8. The van der Waals surface area contributed by atoms with Crippen LogP contribution in [0.15, 0.2) is 36.4 Å². The van der Waals surface area contributed by atoms with Crippen LogP contribution in [-0.4, -0.2) is 42.1 Å². The summed E-state index contributed by atoms with van der Waals surface area (Å²) in [5, 5.41) is 1.67. The Morgan fingerprint density at radius 1 is 1.10 bits per heavy atom. The van der Waals surface area contributed by atoms with Crippen LogP contribution < -0.4 is 0 Å². The summed E-state index contributed by atoms with van der Waals surface area (Å²) in [5.74, 6) is -0.499. The number of hydrogen-bond acceptors (Lipinski definition) is 4. The Hall–Kier alpha value is -1.85. The van der Waals surface area contributed by atoms with Crippen molar-refractivity contribution in [2.45, 2.75) is 5.44 Å². The summed E-state index contributed by atoms with van der Waals surface area (Å²) in [4.78, 5) is 26.5. The molecule has 0 bridgehead atoms. The molecule has 0 fully saturated rings. The number of carbonyl (C=O) groups excluding carboxylic acids is 2. The number of rotatable bonds is 4. The fourth-order valence-corrected chi connectivity index (χ4v) is 3.13. The maximum absolute atomic E-state index is 12.6. The number of thioether (sulfide) groups is 1.